The van der Waals surface area contributed by atoms with Crippen LogP contribution in [0.25, 0.3) is 0 Å². The molecule has 0 unspecified atom stereocenters. The number of anilines is 1. The Morgan fingerprint density at radius 2 is 2.10 bits per heavy atom. The number of amides is 1. The van der Waals surface area contributed by atoms with Gasteiger partial charge < -0.3 is 10.6 Å². The Labute approximate surface area is 123 Å². The zero-order chi connectivity index (χ0) is 14.7. The molecule has 0 atom stereocenters. The van der Waals surface area contributed by atoms with Crippen molar-refractivity contribution < 1.29 is 4.79 Å². The van der Waals surface area contributed by atoms with Crippen molar-refractivity contribution in [2.75, 3.05) is 24.7 Å². The minimum Gasteiger partial charge on any atom is -0.366 e. The highest BCUT2D eigenvalue weighted by atomic mass is 16.1. The van der Waals surface area contributed by atoms with Gasteiger partial charge in [-0.3, -0.25) is 10.1 Å². The van der Waals surface area contributed by atoms with E-state index < -0.39 is 5.91 Å². The summed E-state index contributed by atoms with van der Waals surface area (Å²) in [4.78, 5) is 18.4. The van der Waals surface area contributed by atoms with Crippen molar-refractivity contribution >= 4 is 11.7 Å². The second-order valence-corrected chi connectivity index (χ2v) is 5.11. The molecule has 1 amide bonds. The van der Waals surface area contributed by atoms with Crippen molar-refractivity contribution in [2.24, 2.45) is 5.73 Å². The Morgan fingerprint density at radius 3 is 2.76 bits per heavy atom. The van der Waals surface area contributed by atoms with Gasteiger partial charge in [0.2, 0.25) is 5.91 Å². The Hall–Kier alpha value is -2.40. The number of nitrogens with zero attached hydrogens (tertiary/aromatic N) is 2. The van der Waals surface area contributed by atoms with Crippen LogP contribution >= 0.6 is 0 Å². The predicted octanol–water partition coefficient (Wildman–Crippen LogP) is 1.14. The monoisotopic (exact) mass is 282 g/mol. The maximum atomic E-state index is 11.7. The third-order valence-electron chi connectivity index (χ3n) is 3.68. The molecular formula is C16H18N4O. The summed E-state index contributed by atoms with van der Waals surface area (Å²) in [6, 6.07) is 11.8. The van der Waals surface area contributed by atoms with Crippen LogP contribution in [0.1, 0.15) is 21.5 Å². The summed E-state index contributed by atoms with van der Waals surface area (Å²) < 4.78 is 0. The fourth-order valence-electron chi connectivity index (χ4n) is 2.65. The summed E-state index contributed by atoms with van der Waals surface area (Å²) in [7, 11) is 0. The molecule has 21 heavy (non-hydrogen) atoms. The van der Waals surface area contributed by atoms with Crippen LogP contribution in [0.2, 0.25) is 0 Å². The van der Waals surface area contributed by atoms with E-state index in [1.54, 1.807) is 12.3 Å². The number of carbonyl (C=O) groups is 1. The first-order valence-electron chi connectivity index (χ1n) is 7.03. The van der Waals surface area contributed by atoms with Crippen LogP contribution in [0.15, 0.2) is 42.6 Å². The van der Waals surface area contributed by atoms with Gasteiger partial charge in [0.05, 0.1) is 6.67 Å². The number of pyridine rings is 1. The molecule has 3 rings (SSSR count). The predicted molar refractivity (Wildman–Crippen MR) is 82.2 cm³/mol. The van der Waals surface area contributed by atoms with E-state index in [1.165, 1.54) is 0 Å². The second-order valence-electron chi connectivity index (χ2n) is 5.11. The maximum absolute atomic E-state index is 11.7. The molecule has 1 fully saturated rings. The van der Waals surface area contributed by atoms with Gasteiger partial charge in [-0.1, -0.05) is 30.3 Å². The summed E-state index contributed by atoms with van der Waals surface area (Å²) in [6.07, 6.45) is 2.31. The Kier molecular flexibility index (Phi) is 3.83. The largest absolute Gasteiger partial charge is 0.366 e. The zero-order valence-corrected chi connectivity index (χ0v) is 11.7. The number of hydrogen-bond acceptors (Lipinski definition) is 4. The third-order valence-corrected chi connectivity index (χ3v) is 3.68. The minimum absolute atomic E-state index is 0.406. The molecule has 1 aromatic carbocycles. The van der Waals surface area contributed by atoms with Crippen LogP contribution in [-0.4, -0.2) is 30.6 Å². The second kappa shape index (κ2) is 5.93. The van der Waals surface area contributed by atoms with Gasteiger partial charge in [0, 0.05) is 36.8 Å². The summed E-state index contributed by atoms with van der Waals surface area (Å²) in [6.45, 7) is 2.56. The van der Waals surface area contributed by atoms with E-state index in [0.29, 0.717) is 12.0 Å². The first kappa shape index (κ1) is 13.6. The van der Waals surface area contributed by atoms with Crippen LogP contribution in [-0.2, 0) is 6.42 Å². The normalized spacial score (nSPS) is 14.4. The average Bonchev–Trinajstić information content (AvgIpc) is 3.02. The molecule has 0 aliphatic carbocycles. The number of benzene rings is 1. The van der Waals surface area contributed by atoms with Gasteiger partial charge in [0.1, 0.15) is 5.82 Å². The van der Waals surface area contributed by atoms with E-state index in [2.05, 4.69) is 15.2 Å². The van der Waals surface area contributed by atoms with Gasteiger partial charge >= 0.3 is 0 Å². The molecule has 5 heteroatoms. The summed E-state index contributed by atoms with van der Waals surface area (Å²) in [5.74, 6) is 0.442. The van der Waals surface area contributed by atoms with Gasteiger partial charge in [-0.15, -0.1) is 0 Å². The number of primary amides is 1. The van der Waals surface area contributed by atoms with Crippen molar-refractivity contribution in [3.05, 3.63) is 59.3 Å². The highest BCUT2D eigenvalue weighted by molar-refractivity contribution is 5.95. The van der Waals surface area contributed by atoms with Gasteiger partial charge in [-0.2, -0.15) is 0 Å². The maximum Gasteiger partial charge on any atom is 0.249 e. The molecule has 1 aliphatic rings. The first-order valence-corrected chi connectivity index (χ1v) is 7.03. The third kappa shape index (κ3) is 2.87. The van der Waals surface area contributed by atoms with E-state index in [4.69, 9.17) is 5.73 Å². The SMILES string of the molecule is NC(=O)c1ccnc(N2CCNC2)c1Cc1ccccc1. The topological polar surface area (TPSA) is 71.2 Å². The Balaban J connectivity index is 2.03. The molecule has 0 saturated carbocycles. The average molecular weight is 282 g/mol. The van der Waals surface area contributed by atoms with Crippen LogP contribution < -0.4 is 16.0 Å². The molecule has 5 nitrogen and oxygen atoms in total. The van der Waals surface area contributed by atoms with Crippen molar-refractivity contribution in [1.82, 2.24) is 10.3 Å². The highest BCUT2D eigenvalue weighted by Crippen LogP contribution is 2.25. The van der Waals surface area contributed by atoms with Crippen molar-refractivity contribution in [3.8, 4) is 0 Å². The Morgan fingerprint density at radius 1 is 1.29 bits per heavy atom. The van der Waals surface area contributed by atoms with Crippen LogP contribution in [0.3, 0.4) is 0 Å². The lowest BCUT2D eigenvalue weighted by molar-refractivity contribution is 0.0999. The van der Waals surface area contributed by atoms with Crippen LogP contribution in [0, 0.1) is 0 Å². The zero-order valence-electron chi connectivity index (χ0n) is 11.7. The molecule has 1 saturated heterocycles. The summed E-state index contributed by atoms with van der Waals surface area (Å²) >= 11 is 0. The number of nitrogens with one attached hydrogen (secondary N) is 1. The summed E-state index contributed by atoms with van der Waals surface area (Å²) in [5, 5.41) is 3.28. The van der Waals surface area contributed by atoms with E-state index in [9.17, 15) is 4.79 Å². The fourth-order valence-corrected chi connectivity index (χ4v) is 2.65. The minimum atomic E-state index is -0.406. The summed E-state index contributed by atoms with van der Waals surface area (Å²) in [5.41, 5.74) is 8.13. The van der Waals surface area contributed by atoms with Gasteiger partial charge in [-0.25, -0.2) is 4.98 Å². The Bertz CT molecular complexity index is 636. The lowest BCUT2D eigenvalue weighted by atomic mass is 10.00. The van der Waals surface area contributed by atoms with E-state index in [1.807, 2.05) is 30.3 Å². The van der Waals surface area contributed by atoms with Crippen LogP contribution in [0.5, 0.6) is 0 Å². The molecule has 3 N–H and O–H groups in total. The quantitative estimate of drug-likeness (QED) is 0.882. The lowest BCUT2D eigenvalue weighted by Gasteiger charge is -2.21. The number of carbonyl (C=O) groups excluding carboxylic acids is 1. The van der Waals surface area contributed by atoms with Gasteiger partial charge in [0.15, 0.2) is 0 Å². The number of nitrogens with two attached hydrogens (primary N) is 1. The van der Waals surface area contributed by atoms with E-state index in [0.717, 1.165) is 36.7 Å². The smallest absolute Gasteiger partial charge is 0.249 e. The molecule has 1 aliphatic heterocycles. The van der Waals surface area contributed by atoms with Crippen LogP contribution in [0.4, 0.5) is 5.82 Å². The molecule has 0 radical (unpaired) electrons. The highest BCUT2D eigenvalue weighted by Gasteiger charge is 2.21. The number of aromatic nitrogens is 1. The van der Waals surface area contributed by atoms with E-state index >= 15 is 0 Å². The standard InChI is InChI=1S/C16H18N4O/c17-15(21)13-6-7-19-16(20-9-8-18-11-20)14(13)10-12-4-2-1-3-5-12/h1-7,18H,8-11H2,(H2,17,21). The molecule has 2 heterocycles. The molecule has 2 aromatic rings. The lowest BCUT2D eigenvalue weighted by Crippen LogP contribution is -2.25. The molecule has 0 bridgehead atoms. The number of hydrogen-bond donors (Lipinski definition) is 2. The molecular weight excluding hydrogens is 264 g/mol. The van der Waals surface area contributed by atoms with Crippen molar-refractivity contribution in [3.63, 3.8) is 0 Å². The number of rotatable bonds is 4. The van der Waals surface area contributed by atoms with E-state index in [-0.39, 0.29) is 0 Å². The molecule has 0 spiro atoms. The van der Waals surface area contributed by atoms with Crippen molar-refractivity contribution in [2.45, 2.75) is 6.42 Å². The fraction of sp³-hybridized carbons (Fsp3) is 0.250. The van der Waals surface area contributed by atoms with Gasteiger partial charge in [0.25, 0.3) is 0 Å². The van der Waals surface area contributed by atoms with Crippen molar-refractivity contribution in [1.29, 1.82) is 0 Å². The first-order chi connectivity index (χ1) is 10.3. The molecule has 1 aromatic heterocycles. The van der Waals surface area contributed by atoms with Gasteiger partial charge in [-0.05, 0) is 11.6 Å². The molecule has 108 valence electrons.